The standard InChI is InChI=1S/C8H8N2O2/c1-5-3-7(9-11)8(10-12)4-6(5)2/h3-4H,1-2H3. The van der Waals surface area contributed by atoms with Crippen LogP contribution in [0.15, 0.2) is 22.5 Å². The second-order valence-corrected chi connectivity index (χ2v) is 2.61. The molecule has 0 saturated heterocycles. The van der Waals surface area contributed by atoms with Crippen LogP contribution in [0.5, 0.6) is 0 Å². The number of nitrogens with zero attached hydrogens (tertiary/aromatic N) is 2. The van der Waals surface area contributed by atoms with Crippen LogP contribution >= 0.6 is 0 Å². The van der Waals surface area contributed by atoms with Gasteiger partial charge in [0, 0.05) is 0 Å². The van der Waals surface area contributed by atoms with Gasteiger partial charge in [-0.15, -0.1) is 9.81 Å². The zero-order chi connectivity index (χ0) is 9.14. The zero-order valence-corrected chi connectivity index (χ0v) is 6.87. The number of nitroso groups, excluding NO2 is 2. The molecule has 1 aromatic carbocycles. The van der Waals surface area contributed by atoms with Crippen molar-refractivity contribution in [1.82, 2.24) is 0 Å². The summed E-state index contributed by atoms with van der Waals surface area (Å²) in [6.07, 6.45) is 0. The predicted octanol–water partition coefficient (Wildman–Crippen LogP) is 3.10. The van der Waals surface area contributed by atoms with Gasteiger partial charge in [-0.05, 0) is 47.5 Å². The molecular formula is C8H8N2O2. The van der Waals surface area contributed by atoms with Crippen molar-refractivity contribution in [2.45, 2.75) is 13.8 Å². The van der Waals surface area contributed by atoms with Crippen LogP contribution < -0.4 is 0 Å². The molecule has 0 unspecified atom stereocenters. The first kappa shape index (κ1) is 8.52. The molecule has 12 heavy (non-hydrogen) atoms. The van der Waals surface area contributed by atoms with E-state index in [0.717, 1.165) is 11.1 Å². The third kappa shape index (κ3) is 1.37. The lowest BCUT2D eigenvalue weighted by molar-refractivity contribution is 1.30. The summed E-state index contributed by atoms with van der Waals surface area (Å²) in [4.78, 5) is 20.4. The van der Waals surface area contributed by atoms with Crippen LogP contribution in [-0.4, -0.2) is 0 Å². The Bertz CT molecular complexity index is 301. The van der Waals surface area contributed by atoms with E-state index in [0.29, 0.717) is 0 Å². The minimum Gasteiger partial charge on any atom is -0.145 e. The fourth-order valence-electron chi connectivity index (χ4n) is 0.932. The number of benzene rings is 1. The van der Waals surface area contributed by atoms with E-state index in [2.05, 4.69) is 10.4 Å². The maximum atomic E-state index is 10.2. The molecule has 0 aliphatic heterocycles. The summed E-state index contributed by atoms with van der Waals surface area (Å²) in [5.41, 5.74) is 2.07. The minimum atomic E-state index is 0.105. The lowest BCUT2D eigenvalue weighted by Crippen LogP contribution is -1.79. The van der Waals surface area contributed by atoms with Crippen LogP contribution in [0.1, 0.15) is 11.1 Å². The predicted molar refractivity (Wildman–Crippen MR) is 46.8 cm³/mol. The third-order valence-electron chi connectivity index (χ3n) is 1.79. The fourth-order valence-corrected chi connectivity index (χ4v) is 0.932. The van der Waals surface area contributed by atoms with Crippen molar-refractivity contribution >= 4 is 11.4 Å². The molecule has 0 spiro atoms. The monoisotopic (exact) mass is 164 g/mol. The molecule has 0 amide bonds. The zero-order valence-electron chi connectivity index (χ0n) is 6.87. The van der Waals surface area contributed by atoms with Gasteiger partial charge in [-0.2, -0.15) is 0 Å². The molecular weight excluding hydrogens is 156 g/mol. The van der Waals surface area contributed by atoms with Crippen molar-refractivity contribution in [3.63, 3.8) is 0 Å². The molecule has 0 N–H and O–H groups in total. The van der Waals surface area contributed by atoms with Crippen LogP contribution in [0.4, 0.5) is 11.4 Å². The van der Waals surface area contributed by atoms with Gasteiger partial charge >= 0.3 is 0 Å². The van der Waals surface area contributed by atoms with E-state index in [9.17, 15) is 9.81 Å². The fraction of sp³-hybridized carbons (Fsp3) is 0.250. The van der Waals surface area contributed by atoms with E-state index >= 15 is 0 Å². The SMILES string of the molecule is Cc1cc(N=O)c(N=O)cc1C. The molecule has 0 aliphatic carbocycles. The number of rotatable bonds is 2. The molecule has 62 valence electrons. The minimum absolute atomic E-state index is 0.105. The van der Waals surface area contributed by atoms with Crippen LogP contribution in [0.3, 0.4) is 0 Å². The summed E-state index contributed by atoms with van der Waals surface area (Å²) in [5, 5.41) is 5.40. The molecule has 0 fully saturated rings. The van der Waals surface area contributed by atoms with Crippen LogP contribution in [0, 0.1) is 23.7 Å². The molecule has 0 bridgehead atoms. The average molecular weight is 164 g/mol. The Kier molecular flexibility index (Phi) is 2.28. The topological polar surface area (TPSA) is 58.9 Å². The molecule has 0 saturated carbocycles. The maximum absolute atomic E-state index is 10.2. The Morgan fingerprint density at radius 3 is 1.50 bits per heavy atom. The maximum Gasteiger partial charge on any atom is 0.137 e. The first-order valence-electron chi connectivity index (χ1n) is 3.47. The van der Waals surface area contributed by atoms with E-state index in [1.165, 1.54) is 0 Å². The van der Waals surface area contributed by atoms with Crippen LogP contribution in [-0.2, 0) is 0 Å². The Balaban J connectivity index is 3.37. The van der Waals surface area contributed by atoms with Crippen molar-refractivity contribution < 1.29 is 0 Å². The van der Waals surface area contributed by atoms with Gasteiger partial charge in [0.25, 0.3) is 0 Å². The lowest BCUT2D eigenvalue weighted by Gasteiger charge is -2.00. The van der Waals surface area contributed by atoms with Crippen LogP contribution in [0.2, 0.25) is 0 Å². The number of hydrogen-bond acceptors (Lipinski definition) is 4. The molecule has 0 heterocycles. The van der Waals surface area contributed by atoms with Gasteiger partial charge in [0.2, 0.25) is 0 Å². The quantitative estimate of drug-likeness (QED) is 0.630. The molecule has 1 rings (SSSR count). The summed E-state index contributed by atoms with van der Waals surface area (Å²) >= 11 is 0. The summed E-state index contributed by atoms with van der Waals surface area (Å²) in [5.74, 6) is 0. The van der Waals surface area contributed by atoms with Gasteiger partial charge in [0.15, 0.2) is 0 Å². The highest BCUT2D eigenvalue weighted by Gasteiger charge is 2.05. The van der Waals surface area contributed by atoms with Crippen molar-refractivity contribution in [1.29, 1.82) is 0 Å². The highest BCUT2D eigenvalue weighted by molar-refractivity contribution is 5.64. The largest absolute Gasteiger partial charge is 0.145 e. The highest BCUT2D eigenvalue weighted by Crippen LogP contribution is 2.30. The molecule has 0 atom stereocenters. The Morgan fingerprint density at radius 1 is 0.917 bits per heavy atom. The van der Waals surface area contributed by atoms with E-state index in [1.807, 2.05) is 13.8 Å². The van der Waals surface area contributed by atoms with Gasteiger partial charge in [-0.25, -0.2) is 0 Å². The lowest BCUT2D eigenvalue weighted by atomic mass is 10.1. The van der Waals surface area contributed by atoms with Gasteiger partial charge < -0.3 is 0 Å². The average Bonchev–Trinajstić information content (AvgIpc) is 2.09. The van der Waals surface area contributed by atoms with Gasteiger partial charge in [0.1, 0.15) is 11.4 Å². The van der Waals surface area contributed by atoms with Crippen molar-refractivity contribution in [3.8, 4) is 0 Å². The normalized spacial score (nSPS) is 9.50. The van der Waals surface area contributed by atoms with E-state index in [4.69, 9.17) is 0 Å². The van der Waals surface area contributed by atoms with Crippen LogP contribution in [0.25, 0.3) is 0 Å². The second-order valence-electron chi connectivity index (χ2n) is 2.61. The number of hydrogen-bond donors (Lipinski definition) is 0. The van der Waals surface area contributed by atoms with Gasteiger partial charge in [0.05, 0.1) is 0 Å². The summed E-state index contributed by atoms with van der Waals surface area (Å²) in [7, 11) is 0. The van der Waals surface area contributed by atoms with Crippen molar-refractivity contribution in [2.75, 3.05) is 0 Å². The Morgan fingerprint density at radius 2 is 1.25 bits per heavy atom. The Labute approximate surface area is 69.6 Å². The molecule has 1 aromatic rings. The molecule has 0 radical (unpaired) electrons. The summed E-state index contributed by atoms with van der Waals surface area (Å²) in [6, 6.07) is 3.11. The highest BCUT2D eigenvalue weighted by atomic mass is 16.3. The first-order chi connectivity index (χ1) is 5.69. The second kappa shape index (κ2) is 3.21. The van der Waals surface area contributed by atoms with Crippen molar-refractivity contribution in [2.24, 2.45) is 10.4 Å². The van der Waals surface area contributed by atoms with Gasteiger partial charge in [-0.1, -0.05) is 0 Å². The first-order valence-corrected chi connectivity index (χ1v) is 3.47. The molecule has 0 aromatic heterocycles. The van der Waals surface area contributed by atoms with E-state index < -0.39 is 0 Å². The van der Waals surface area contributed by atoms with Gasteiger partial charge in [-0.3, -0.25) is 0 Å². The third-order valence-corrected chi connectivity index (χ3v) is 1.79. The Hall–Kier alpha value is -1.58. The summed E-state index contributed by atoms with van der Waals surface area (Å²) in [6.45, 7) is 3.69. The molecule has 4 heteroatoms. The number of aryl methyl sites for hydroxylation is 2. The van der Waals surface area contributed by atoms with E-state index in [1.54, 1.807) is 12.1 Å². The smallest absolute Gasteiger partial charge is 0.137 e. The molecule has 4 nitrogen and oxygen atoms in total. The van der Waals surface area contributed by atoms with Crippen molar-refractivity contribution in [3.05, 3.63) is 33.1 Å². The van der Waals surface area contributed by atoms with E-state index in [-0.39, 0.29) is 11.4 Å². The molecule has 0 aliphatic rings. The summed E-state index contributed by atoms with van der Waals surface area (Å²) < 4.78 is 0.